The predicted molar refractivity (Wildman–Crippen MR) is 44.7 cm³/mol. The smallest absolute Gasteiger partial charge is 0.169 e. The second-order valence-electron chi connectivity index (χ2n) is 1.52. The molecule has 0 saturated heterocycles. The molecule has 0 amide bonds. The fourth-order valence-electron chi connectivity index (χ4n) is 0.516. The lowest BCUT2D eigenvalue weighted by Gasteiger charge is -1.98. The third-order valence-corrected chi connectivity index (χ3v) is 1.81. The highest BCUT2D eigenvalue weighted by atomic mass is 32.2. The number of nitrogens with two attached hydrogens (primary N) is 1. The Bertz CT molecular complexity index is 154. The molecule has 0 spiro atoms. The molecule has 1 aliphatic rings. The van der Waals surface area contributed by atoms with Crippen LogP contribution in [0, 0.1) is 0 Å². The van der Waals surface area contributed by atoms with Gasteiger partial charge in [0.15, 0.2) is 10.3 Å². The Morgan fingerprint density at radius 2 is 2.67 bits per heavy atom. The summed E-state index contributed by atoms with van der Waals surface area (Å²) >= 11 is 6.25. The molecule has 9 heavy (non-hydrogen) atoms. The molecule has 0 bridgehead atoms. The molecule has 5 heteroatoms. The Morgan fingerprint density at radius 1 is 1.89 bits per heavy atom. The van der Waals surface area contributed by atoms with Gasteiger partial charge in [-0.05, 0) is 12.2 Å². The van der Waals surface area contributed by atoms with E-state index in [0.29, 0.717) is 5.11 Å². The van der Waals surface area contributed by atoms with E-state index in [4.69, 9.17) is 5.73 Å². The Kier molecular flexibility index (Phi) is 2.29. The summed E-state index contributed by atoms with van der Waals surface area (Å²) in [6.45, 7) is 0.871. The molecule has 0 aromatic heterocycles. The van der Waals surface area contributed by atoms with Crippen LogP contribution in [0.1, 0.15) is 0 Å². The van der Waals surface area contributed by atoms with Crippen molar-refractivity contribution >= 4 is 34.3 Å². The average molecular weight is 161 g/mol. The van der Waals surface area contributed by atoms with Crippen LogP contribution in [0.2, 0.25) is 0 Å². The molecule has 3 N–H and O–H groups in total. The molecule has 0 aliphatic carbocycles. The molecular weight excluding hydrogens is 154 g/mol. The first-order valence-electron chi connectivity index (χ1n) is 2.53. The second kappa shape index (κ2) is 3.03. The number of nitrogens with zero attached hydrogens (tertiary/aromatic N) is 1. The highest BCUT2D eigenvalue weighted by Gasteiger charge is 2.05. The van der Waals surface area contributed by atoms with Gasteiger partial charge in [0.05, 0.1) is 6.54 Å². The van der Waals surface area contributed by atoms with E-state index in [9.17, 15) is 0 Å². The predicted octanol–water partition coefficient (Wildman–Crippen LogP) is -0.0776. The number of aliphatic imine (C=N–C) groups is 1. The van der Waals surface area contributed by atoms with E-state index >= 15 is 0 Å². The SMILES string of the molecule is NC(=S)NC1=NCCS1. The van der Waals surface area contributed by atoms with Crippen LogP contribution in [0.25, 0.3) is 0 Å². The molecule has 0 aromatic carbocycles. The van der Waals surface area contributed by atoms with Gasteiger partial charge in [0.25, 0.3) is 0 Å². The maximum atomic E-state index is 5.20. The van der Waals surface area contributed by atoms with Crippen molar-refractivity contribution in [2.75, 3.05) is 12.3 Å². The Morgan fingerprint density at radius 3 is 3.11 bits per heavy atom. The largest absolute Gasteiger partial charge is 0.376 e. The monoisotopic (exact) mass is 161 g/mol. The van der Waals surface area contributed by atoms with E-state index in [2.05, 4.69) is 22.5 Å². The minimum absolute atomic E-state index is 0.295. The Labute approximate surface area is 63.1 Å². The topological polar surface area (TPSA) is 50.4 Å². The van der Waals surface area contributed by atoms with Crippen LogP contribution in [-0.4, -0.2) is 22.6 Å². The lowest BCUT2D eigenvalue weighted by molar-refractivity contribution is 1.16. The molecule has 0 aromatic rings. The van der Waals surface area contributed by atoms with Crippen molar-refractivity contribution in [1.82, 2.24) is 5.32 Å². The van der Waals surface area contributed by atoms with E-state index in [1.807, 2.05) is 0 Å². The quantitative estimate of drug-likeness (QED) is 0.488. The van der Waals surface area contributed by atoms with Gasteiger partial charge in [-0.25, -0.2) is 0 Å². The normalized spacial score (nSPS) is 17.1. The molecule has 0 radical (unpaired) electrons. The van der Waals surface area contributed by atoms with Crippen molar-refractivity contribution in [3.63, 3.8) is 0 Å². The van der Waals surface area contributed by atoms with Crippen LogP contribution >= 0.6 is 24.0 Å². The van der Waals surface area contributed by atoms with Crippen LogP contribution in [0.5, 0.6) is 0 Å². The molecule has 0 fully saturated rings. The first-order chi connectivity index (χ1) is 4.29. The Hall–Kier alpha value is -0.290. The van der Waals surface area contributed by atoms with Crippen molar-refractivity contribution in [3.05, 3.63) is 0 Å². The summed E-state index contributed by atoms with van der Waals surface area (Å²) in [5.74, 6) is 1.03. The number of nitrogens with one attached hydrogen (secondary N) is 1. The number of hydrogen-bond donors (Lipinski definition) is 2. The number of amidine groups is 1. The second-order valence-corrected chi connectivity index (χ2v) is 3.05. The lowest BCUT2D eigenvalue weighted by atomic mass is 10.8. The van der Waals surface area contributed by atoms with Crippen molar-refractivity contribution < 1.29 is 0 Å². The van der Waals surface area contributed by atoms with E-state index in [1.54, 1.807) is 11.8 Å². The van der Waals surface area contributed by atoms with Crippen LogP contribution in [0.15, 0.2) is 4.99 Å². The molecule has 1 heterocycles. The standard InChI is InChI=1S/C4H7N3S2/c5-3(8)7-4-6-1-2-9-4/h1-2H2,(H3,5,6,7,8). The molecule has 0 saturated carbocycles. The van der Waals surface area contributed by atoms with E-state index in [0.717, 1.165) is 17.5 Å². The van der Waals surface area contributed by atoms with Crippen molar-refractivity contribution in [1.29, 1.82) is 0 Å². The summed E-state index contributed by atoms with van der Waals surface area (Å²) in [6, 6.07) is 0. The number of thiocarbonyl (C=S) groups is 1. The first kappa shape index (κ1) is 6.82. The molecule has 50 valence electrons. The maximum absolute atomic E-state index is 5.20. The van der Waals surface area contributed by atoms with E-state index < -0.39 is 0 Å². The van der Waals surface area contributed by atoms with Gasteiger partial charge in [0.1, 0.15) is 0 Å². The minimum Gasteiger partial charge on any atom is -0.376 e. The van der Waals surface area contributed by atoms with Gasteiger partial charge in [-0.3, -0.25) is 4.99 Å². The fourth-order valence-corrected chi connectivity index (χ4v) is 1.42. The molecule has 0 atom stereocenters. The molecular formula is C4H7N3S2. The van der Waals surface area contributed by atoms with Crippen LogP contribution in [-0.2, 0) is 0 Å². The maximum Gasteiger partial charge on any atom is 0.169 e. The summed E-state index contributed by atoms with van der Waals surface area (Å²) < 4.78 is 0. The van der Waals surface area contributed by atoms with Gasteiger partial charge in [-0.1, -0.05) is 11.8 Å². The zero-order valence-corrected chi connectivity index (χ0v) is 6.39. The van der Waals surface area contributed by atoms with Gasteiger partial charge in [0, 0.05) is 5.75 Å². The van der Waals surface area contributed by atoms with Crippen molar-refractivity contribution in [3.8, 4) is 0 Å². The van der Waals surface area contributed by atoms with Crippen LogP contribution < -0.4 is 11.1 Å². The van der Waals surface area contributed by atoms with Gasteiger partial charge >= 0.3 is 0 Å². The fraction of sp³-hybridized carbons (Fsp3) is 0.500. The van der Waals surface area contributed by atoms with Crippen LogP contribution in [0.3, 0.4) is 0 Å². The first-order valence-corrected chi connectivity index (χ1v) is 3.92. The third-order valence-electron chi connectivity index (χ3n) is 0.816. The summed E-state index contributed by atoms with van der Waals surface area (Å²) in [6.07, 6.45) is 0. The highest BCUT2D eigenvalue weighted by molar-refractivity contribution is 8.14. The highest BCUT2D eigenvalue weighted by Crippen LogP contribution is 2.07. The summed E-state index contributed by atoms with van der Waals surface area (Å²) in [5.41, 5.74) is 5.20. The van der Waals surface area contributed by atoms with E-state index in [-0.39, 0.29) is 0 Å². The van der Waals surface area contributed by atoms with Gasteiger partial charge in [-0.2, -0.15) is 0 Å². The molecule has 1 rings (SSSR count). The Balaban J connectivity index is 2.35. The van der Waals surface area contributed by atoms with Gasteiger partial charge in [-0.15, -0.1) is 0 Å². The summed E-state index contributed by atoms with van der Waals surface area (Å²) in [7, 11) is 0. The van der Waals surface area contributed by atoms with E-state index in [1.165, 1.54) is 0 Å². The summed E-state index contributed by atoms with van der Waals surface area (Å²) in [4.78, 5) is 4.08. The van der Waals surface area contributed by atoms with Crippen LogP contribution in [0.4, 0.5) is 0 Å². The number of hydrogen-bond acceptors (Lipinski definition) is 3. The minimum atomic E-state index is 0.295. The van der Waals surface area contributed by atoms with Crippen molar-refractivity contribution in [2.45, 2.75) is 0 Å². The van der Waals surface area contributed by atoms with Crippen molar-refractivity contribution in [2.24, 2.45) is 10.7 Å². The van der Waals surface area contributed by atoms with Gasteiger partial charge in [0.2, 0.25) is 0 Å². The average Bonchev–Trinajstić information content (AvgIpc) is 2.15. The number of thioether (sulfide) groups is 1. The zero-order chi connectivity index (χ0) is 6.69. The third kappa shape index (κ3) is 2.19. The molecule has 3 nitrogen and oxygen atoms in total. The van der Waals surface area contributed by atoms with Gasteiger partial charge < -0.3 is 11.1 Å². The summed E-state index contributed by atoms with van der Waals surface area (Å²) in [5, 5.41) is 3.91. The zero-order valence-electron chi connectivity index (χ0n) is 4.76. The lowest BCUT2D eigenvalue weighted by Crippen LogP contribution is -2.32. The molecule has 0 unspecified atom stereocenters. The number of rotatable bonds is 0. The molecule has 1 aliphatic heterocycles.